The maximum atomic E-state index is 11.6. The van der Waals surface area contributed by atoms with Crippen LogP contribution >= 0.6 is 34.9 Å². The fourth-order valence-electron chi connectivity index (χ4n) is 3.42. The number of carboxylic acid groups (broad SMARTS) is 1. The van der Waals surface area contributed by atoms with Gasteiger partial charge in [-0.1, -0.05) is 47.0 Å². The zero-order valence-electron chi connectivity index (χ0n) is 16.4. The smallest absolute Gasteiger partial charge is 0.535 e. The van der Waals surface area contributed by atoms with Gasteiger partial charge in [0.05, 0.1) is 18.4 Å². The molecule has 1 saturated heterocycles. The van der Waals surface area contributed by atoms with Gasteiger partial charge in [-0.25, -0.2) is 4.79 Å². The molecule has 1 aromatic carbocycles. The Morgan fingerprint density at radius 1 is 1.33 bits per heavy atom. The fraction of sp³-hybridized carbons (Fsp3) is 0.500. The van der Waals surface area contributed by atoms with E-state index in [1.165, 1.54) is 23.1 Å². The lowest BCUT2D eigenvalue weighted by Crippen LogP contribution is -2.40. The van der Waals surface area contributed by atoms with Crippen molar-refractivity contribution in [3.8, 4) is 5.75 Å². The van der Waals surface area contributed by atoms with Gasteiger partial charge in [0.25, 0.3) is 0 Å². The van der Waals surface area contributed by atoms with Crippen LogP contribution in [0, 0.1) is 6.92 Å². The van der Waals surface area contributed by atoms with Crippen LogP contribution in [0.15, 0.2) is 20.8 Å². The van der Waals surface area contributed by atoms with Gasteiger partial charge >= 0.3 is 13.1 Å². The number of fused-ring (bicyclic) bond motifs is 1. The van der Waals surface area contributed by atoms with E-state index in [0.717, 1.165) is 52.8 Å². The number of rotatable bonds is 7. The molecule has 2 aromatic rings. The lowest BCUT2D eigenvalue weighted by molar-refractivity contribution is 0.0410. The van der Waals surface area contributed by atoms with Crippen molar-refractivity contribution < 1.29 is 24.3 Å². The number of hydrogen-bond acceptors (Lipinski definition) is 10. The first kappa shape index (κ1) is 21.9. The van der Waals surface area contributed by atoms with Gasteiger partial charge in [0.2, 0.25) is 0 Å². The van der Waals surface area contributed by atoms with Gasteiger partial charge in [-0.15, -0.1) is 10.2 Å². The summed E-state index contributed by atoms with van der Waals surface area (Å²) in [6.07, 6.45) is 0.501. The Morgan fingerprint density at radius 3 is 2.87 bits per heavy atom. The topological polar surface area (TPSA) is 105 Å². The second-order valence-electron chi connectivity index (χ2n) is 7.06. The van der Waals surface area contributed by atoms with Crippen LogP contribution in [-0.4, -0.2) is 82.1 Å². The summed E-state index contributed by atoms with van der Waals surface area (Å²) in [6, 6.07) is 3.64. The van der Waals surface area contributed by atoms with E-state index < -0.39 is 13.1 Å². The van der Waals surface area contributed by atoms with Gasteiger partial charge in [0.15, 0.2) is 8.68 Å². The quantitative estimate of drug-likeness (QED) is 0.465. The summed E-state index contributed by atoms with van der Waals surface area (Å²) in [6.45, 7) is 6.26. The monoisotopic (exact) mass is 467 g/mol. The lowest BCUT2D eigenvalue weighted by atomic mass is 9.77. The van der Waals surface area contributed by atoms with E-state index in [1.807, 2.05) is 6.07 Å². The van der Waals surface area contributed by atoms with Crippen LogP contribution in [-0.2, 0) is 11.2 Å². The van der Waals surface area contributed by atoms with Crippen LogP contribution in [0.1, 0.15) is 21.5 Å². The molecule has 160 valence electrons. The zero-order valence-corrected chi connectivity index (χ0v) is 18.9. The minimum atomic E-state index is -1.11. The number of carbonyl (C=O) groups is 1. The molecule has 1 aromatic heterocycles. The van der Waals surface area contributed by atoms with Crippen molar-refractivity contribution in [1.29, 1.82) is 0 Å². The highest BCUT2D eigenvalue weighted by Gasteiger charge is 2.38. The summed E-state index contributed by atoms with van der Waals surface area (Å²) in [5.74, 6) is 0.160. The van der Waals surface area contributed by atoms with Crippen LogP contribution < -0.4 is 4.65 Å². The standard InChI is InChI=1S/C18H22BN3O5S3/c1-11-2-3-12-10-13(19(25)27-15(12)14(11)16(23)24)29-18-21-20-17(30-18)28-9-6-22-4-7-26-8-5-22/h2-3,13,25H,4-10H2,1H3,(H,23,24)/t13-/m0/s1. The van der Waals surface area contributed by atoms with Gasteiger partial charge in [0, 0.05) is 25.4 Å². The Morgan fingerprint density at radius 2 is 2.10 bits per heavy atom. The number of thioether (sulfide) groups is 2. The molecule has 3 heterocycles. The number of carboxylic acids is 1. The molecule has 12 heteroatoms. The molecule has 4 rings (SSSR count). The van der Waals surface area contributed by atoms with E-state index in [-0.39, 0.29) is 16.5 Å². The third-order valence-corrected chi connectivity index (χ3v) is 8.37. The normalized spacial score (nSPS) is 19.4. The van der Waals surface area contributed by atoms with Crippen LogP contribution in [0.2, 0.25) is 0 Å². The number of aromatic nitrogens is 2. The van der Waals surface area contributed by atoms with E-state index in [9.17, 15) is 14.9 Å². The van der Waals surface area contributed by atoms with Crippen LogP contribution in [0.3, 0.4) is 0 Å². The number of hydrogen-bond donors (Lipinski definition) is 2. The molecule has 0 amide bonds. The van der Waals surface area contributed by atoms with Gasteiger partial charge in [-0.05, 0) is 24.5 Å². The first-order valence-corrected chi connectivity index (χ1v) is 12.3. The predicted octanol–water partition coefficient (Wildman–Crippen LogP) is 2.08. The molecule has 0 radical (unpaired) electrons. The van der Waals surface area contributed by atoms with Gasteiger partial charge in [0.1, 0.15) is 11.3 Å². The van der Waals surface area contributed by atoms with Crippen molar-refractivity contribution in [3.05, 3.63) is 28.8 Å². The molecular formula is C18H22BN3O5S3. The maximum absolute atomic E-state index is 11.6. The van der Waals surface area contributed by atoms with Gasteiger partial charge in [-0.3, -0.25) is 4.90 Å². The van der Waals surface area contributed by atoms with Crippen LogP contribution in [0.4, 0.5) is 0 Å². The van der Waals surface area contributed by atoms with Crippen molar-refractivity contribution in [2.45, 2.75) is 27.2 Å². The molecule has 30 heavy (non-hydrogen) atoms. The Balaban J connectivity index is 1.35. The van der Waals surface area contributed by atoms with E-state index in [1.54, 1.807) is 24.8 Å². The summed E-state index contributed by atoms with van der Waals surface area (Å²) >= 11 is 4.61. The third-order valence-electron chi connectivity index (χ3n) is 5.02. The third kappa shape index (κ3) is 5.12. The summed E-state index contributed by atoms with van der Waals surface area (Å²) < 4.78 is 12.7. The van der Waals surface area contributed by atoms with E-state index in [4.69, 9.17) is 9.39 Å². The number of ether oxygens (including phenoxy) is 1. The molecule has 8 nitrogen and oxygen atoms in total. The Labute approximate surface area is 187 Å². The van der Waals surface area contributed by atoms with Gasteiger partial charge < -0.3 is 19.5 Å². The maximum Gasteiger partial charge on any atom is 0.537 e. The summed E-state index contributed by atoms with van der Waals surface area (Å²) in [5.41, 5.74) is 1.51. The molecule has 1 fully saturated rings. The molecular weight excluding hydrogens is 445 g/mol. The highest BCUT2D eigenvalue weighted by molar-refractivity contribution is 8.04. The molecule has 2 N–H and O–H groups in total. The molecule has 1 atom stereocenters. The van der Waals surface area contributed by atoms with Crippen LogP contribution in [0.25, 0.3) is 0 Å². The molecule has 0 bridgehead atoms. The Bertz CT molecular complexity index is 909. The van der Waals surface area contributed by atoms with Crippen molar-refractivity contribution in [3.63, 3.8) is 0 Å². The predicted molar refractivity (Wildman–Crippen MR) is 118 cm³/mol. The molecule has 0 spiro atoms. The summed E-state index contributed by atoms with van der Waals surface area (Å²) in [5, 5.41) is 28.2. The highest BCUT2D eigenvalue weighted by Crippen LogP contribution is 2.39. The van der Waals surface area contributed by atoms with E-state index in [0.29, 0.717) is 12.0 Å². The summed E-state index contributed by atoms with van der Waals surface area (Å²) in [4.78, 5) is 14.0. The Hall–Kier alpha value is -1.31. The van der Waals surface area contributed by atoms with Crippen molar-refractivity contribution in [2.24, 2.45) is 0 Å². The average Bonchev–Trinajstić information content (AvgIpc) is 3.16. The Kier molecular flexibility index (Phi) is 7.22. The number of benzene rings is 1. The summed E-state index contributed by atoms with van der Waals surface area (Å²) in [7, 11) is -1.11. The number of aryl methyl sites for hydroxylation is 1. The highest BCUT2D eigenvalue weighted by atomic mass is 32.2. The second-order valence-corrected chi connectivity index (χ2v) is 10.9. The van der Waals surface area contributed by atoms with E-state index in [2.05, 4.69) is 15.1 Å². The van der Waals surface area contributed by atoms with Crippen molar-refractivity contribution in [2.75, 3.05) is 38.6 Å². The number of aromatic carboxylic acids is 1. The minimum absolute atomic E-state index is 0.116. The van der Waals surface area contributed by atoms with Crippen molar-refractivity contribution in [1.82, 2.24) is 15.1 Å². The molecule has 0 aliphatic carbocycles. The second kappa shape index (κ2) is 9.88. The zero-order chi connectivity index (χ0) is 21.1. The number of nitrogens with zero attached hydrogens (tertiary/aromatic N) is 3. The first-order chi connectivity index (χ1) is 14.5. The fourth-order valence-corrected chi connectivity index (χ4v) is 6.82. The number of morpholine rings is 1. The van der Waals surface area contributed by atoms with Crippen molar-refractivity contribution >= 4 is 47.9 Å². The van der Waals surface area contributed by atoms with Crippen LogP contribution in [0.5, 0.6) is 5.75 Å². The largest absolute Gasteiger partial charge is 0.537 e. The van der Waals surface area contributed by atoms with Gasteiger partial charge in [-0.2, -0.15) is 0 Å². The molecule has 0 unspecified atom stereocenters. The molecule has 0 saturated carbocycles. The minimum Gasteiger partial charge on any atom is -0.535 e. The lowest BCUT2D eigenvalue weighted by Gasteiger charge is -2.27. The first-order valence-electron chi connectivity index (χ1n) is 9.65. The molecule has 2 aliphatic heterocycles. The van der Waals surface area contributed by atoms with E-state index >= 15 is 0 Å². The SMILES string of the molecule is Cc1ccc2c(c1C(=O)O)OB(O)[C@@H](Sc1nnc(SCCN3CCOCC3)s1)C2. The molecule has 2 aliphatic rings. The average molecular weight is 467 g/mol.